The Balaban J connectivity index is 1.60. The van der Waals surface area contributed by atoms with Crippen molar-refractivity contribution in [3.05, 3.63) is 23.2 Å². The van der Waals surface area contributed by atoms with Gasteiger partial charge in [-0.2, -0.15) is 0 Å². The molecular weight excluding hydrogens is 380 g/mol. The lowest BCUT2D eigenvalue weighted by molar-refractivity contribution is -0.125. The van der Waals surface area contributed by atoms with Gasteiger partial charge in [-0.15, -0.1) is 0 Å². The first-order chi connectivity index (χ1) is 13.1. The van der Waals surface area contributed by atoms with Gasteiger partial charge in [-0.25, -0.2) is 4.79 Å². The molecular formula is C20H29ClN4O3. The molecule has 0 bridgehead atoms. The van der Waals surface area contributed by atoms with Crippen molar-refractivity contribution in [2.24, 2.45) is 0 Å². The van der Waals surface area contributed by atoms with Gasteiger partial charge in [-0.3, -0.25) is 9.69 Å². The Morgan fingerprint density at radius 2 is 1.82 bits per heavy atom. The molecule has 0 spiro atoms. The van der Waals surface area contributed by atoms with Crippen LogP contribution in [0.15, 0.2) is 18.2 Å². The average Bonchev–Trinajstić information content (AvgIpc) is 2.53. The highest BCUT2D eigenvalue weighted by Crippen LogP contribution is 2.30. The molecule has 0 aliphatic carbocycles. The Labute approximate surface area is 171 Å². The molecule has 2 heterocycles. The molecule has 1 aromatic rings. The van der Waals surface area contributed by atoms with Crippen LogP contribution in [0.25, 0.3) is 0 Å². The molecule has 1 aromatic carbocycles. The van der Waals surface area contributed by atoms with Crippen molar-refractivity contribution in [3.63, 3.8) is 0 Å². The van der Waals surface area contributed by atoms with Gasteiger partial charge < -0.3 is 19.9 Å². The minimum atomic E-state index is -0.583. The molecule has 2 amide bonds. The van der Waals surface area contributed by atoms with Crippen LogP contribution in [0.2, 0.25) is 5.02 Å². The van der Waals surface area contributed by atoms with E-state index in [1.165, 1.54) is 4.90 Å². The third kappa shape index (κ3) is 4.89. The van der Waals surface area contributed by atoms with Crippen LogP contribution in [0, 0.1) is 0 Å². The van der Waals surface area contributed by atoms with Gasteiger partial charge in [0, 0.05) is 38.4 Å². The highest BCUT2D eigenvalue weighted by molar-refractivity contribution is 6.33. The number of ether oxygens (including phenoxy) is 1. The zero-order chi connectivity index (χ0) is 20.5. The van der Waals surface area contributed by atoms with E-state index >= 15 is 0 Å². The first kappa shape index (κ1) is 20.7. The van der Waals surface area contributed by atoms with E-state index in [0.29, 0.717) is 23.7 Å². The van der Waals surface area contributed by atoms with Crippen LogP contribution in [0.3, 0.4) is 0 Å². The van der Waals surface area contributed by atoms with Crippen LogP contribution in [0.1, 0.15) is 27.2 Å². The Kier molecular flexibility index (Phi) is 6.05. The molecule has 0 unspecified atom stereocenters. The number of nitrogens with one attached hydrogen (secondary N) is 1. The second kappa shape index (κ2) is 8.17. The molecule has 2 aliphatic rings. The first-order valence-corrected chi connectivity index (χ1v) is 10.1. The van der Waals surface area contributed by atoms with E-state index in [1.54, 1.807) is 6.07 Å². The van der Waals surface area contributed by atoms with Crippen molar-refractivity contribution in [2.75, 3.05) is 50.0 Å². The molecule has 2 fully saturated rings. The lowest BCUT2D eigenvalue weighted by Gasteiger charge is -2.40. The number of likely N-dealkylation sites (tertiary alicyclic amines) is 1. The second-order valence-corrected chi connectivity index (χ2v) is 8.83. The summed E-state index contributed by atoms with van der Waals surface area (Å²) in [5, 5.41) is 3.48. The summed E-state index contributed by atoms with van der Waals surface area (Å²) in [5.74, 6) is -0.222. The van der Waals surface area contributed by atoms with E-state index in [9.17, 15) is 9.59 Å². The van der Waals surface area contributed by atoms with E-state index in [0.717, 1.165) is 31.9 Å². The van der Waals surface area contributed by atoms with Gasteiger partial charge in [-0.05, 0) is 52.4 Å². The number of anilines is 2. The van der Waals surface area contributed by atoms with Crippen LogP contribution in [-0.4, -0.2) is 73.2 Å². The summed E-state index contributed by atoms with van der Waals surface area (Å²) in [6, 6.07) is 5.05. The van der Waals surface area contributed by atoms with Crippen LogP contribution in [0.5, 0.6) is 0 Å². The second-order valence-electron chi connectivity index (χ2n) is 8.42. The molecule has 2 saturated heterocycles. The van der Waals surface area contributed by atoms with Crippen molar-refractivity contribution >= 4 is 35.0 Å². The number of nitrogens with zero attached hydrogens (tertiary/aromatic N) is 3. The number of halogens is 1. The number of amides is 2. The average molecular weight is 409 g/mol. The maximum atomic E-state index is 12.6. The zero-order valence-electron chi connectivity index (χ0n) is 17.0. The summed E-state index contributed by atoms with van der Waals surface area (Å²) < 4.78 is 5.36. The zero-order valence-corrected chi connectivity index (χ0v) is 17.8. The number of likely N-dealkylation sites (N-methyl/N-ethyl adjacent to an activating group) is 1. The van der Waals surface area contributed by atoms with Gasteiger partial charge in [0.2, 0.25) is 5.91 Å². The summed E-state index contributed by atoms with van der Waals surface area (Å²) in [7, 11) is 2.11. The van der Waals surface area contributed by atoms with Crippen molar-refractivity contribution in [1.82, 2.24) is 9.80 Å². The summed E-state index contributed by atoms with van der Waals surface area (Å²) >= 11 is 6.47. The molecule has 2 aliphatic heterocycles. The minimum Gasteiger partial charge on any atom is -0.444 e. The highest BCUT2D eigenvalue weighted by Gasteiger charge is 2.39. The number of benzene rings is 1. The maximum Gasteiger partial charge on any atom is 0.410 e. The molecule has 8 heteroatoms. The normalized spacial score (nSPS) is 20.5. The summed E-state index contributed by atoms with van der Waals surface area (Å²) in [6.45, 7) is 9.80. The summed E-state index contributed by atoms with van der Waals surface area (Å²) in [6.07, 6.45) is 0.167. The van der Waals surface area contributed by atoms with Gasteiger partial charge in [-0.1, -0.05) is 11.6 Å². The lowest BCUT2D eigenvalue weighted by atomic mass is 10.0. The molecule has 154 valence electrons. The smallest absolute Gasteiger partial charge is 0.410 e. The van der Waals surface area contributed by atoms with Crippen LogP contribution >= 0.6 is 11.6 Å². The van der Waals surface area contributed by atoms with E-state index < -0.39 is 17.7 Å². The van der Waals surface area contributed by atoms with Crippen molar-refractivity contribution in [1.29, 1.82) is 0 Å². The molecule has 0 radical (unpaired) electrons. The molecule has 3 rings (SSSR count). The number of carbonyl (C=O) groups is 2. The van der Waals surface area contributed by atoms with Crippen LogP contribution in [-0.2, 0) is 9.53 Å². The van der Waals surface area contributed by atoms with Crippen LogP contribution < -0.4 is 10.2 Å². The molecule has 0 aromatic heterocycles. The Bertz CT molecular complexity index is 741. The third-order valence-corrected chi connectivity index (χ3v) is 5.31. The van der Waals surface area contributed by atoms with Gasteiger partial charge in [0.1, 0.15) is 11.6 Å². The number of hydrogen-bond donors (Lipinski definition) is 1. The largest absolute Gasteiger partial charge is 0.444 e. The van der Waals surface area contributed by atoms with Crippen LogP contribution in [0.4, 0.5) is 16.2 Å². The monoisotopic (exact) mass is 408 g/mol. The molecule has 7 nitrogen and oxygen atoms in total. The van der Waals surface area contributed by atoms with Crippen molar-refractivity contribution in [2.45, 2.75) is 38.8 Å². The minimum absolute atomic E-state index is 0.222. The summed E-state index contributed by atoms with van der Waals surface area (Å²) in [4.78, 5) is 30.8. The van der Waals surface area contributed by atoms with E-state index in [4.69, 9.17) is 16.3 Å². The topological polar surface area (TPSA) is 65.1 Å². The predicted molar refractivity (Wildman–Crippen MR) is 111 cm³/mol. The number of piperazine rings is 1. The maximum absolute atomic E-state index is 12.6. The van der Waals surface area contributed by atoms with Crippen molar-refractivity contribution < 1.29 is 14.3 Å². The Morgan fingerprint density at radius 3 is 2.36 bits per heavy atom. The van der Waals surface area contributed by atoms with Gasteiger partial charge in [0.05, 0.1) is 10.7 Å². The highest BCUT2D eigenvalue weighted by atomic mass is 35.5. The van der Waals surface area contributed by atoms with Gasteiger partial charge in [0.15, 0.2) is 0 Å². The quantitative estimate of drug-likeness (QED) is 0.832. The Morgan fingerprint density at radius 1 is 1.14 bits per heavy atom. The standard InChI is InChI=1S/C20H29ClN4O3/c1-20(2,3)28-19(27)25-8-7-17(25)18(26)22-14-5-6-16(15(21)13-14)24-11-9-23(4)10-12-24/h5-6,13,17H,7-12H2,1-4H3,(H,22,26)/t17-/m0/s1. The van der Waals surface area contributed by atoms with Crippen molar-refractivity contribution in [3.8, 4) is 0 Å². The van der Waals surface area contributed by atoms with E-state index in [2.05, 4.69) is 22.2 Å². The number of carbonyl (C=O) groups excluding carboxylic acids is 2. The number of hydrogen-bond acceptors (Lipinski definition) is 5. The number of rotatable bonds is 3. The predicted octanol–water partition coefficient (Wildman–Crippen LogP) is 3.04. The fourth-order valence-electron chi connectivity index (χ4n) is 3.31. The van der Waals surface area contributed by atoms with Gasteiger partial charge >= 0.3 is 6.09 Å². The summed E-state index contributed by atoms with van der Waals surface area (Å²) in [5.41, 5.74) is 1.02. The van der Waals surface area contributed by atoms with Gasteiger partial charge in [0.25, 0.3) is 0 Å². The molecule has 28 heavy (non-hydrogen) atoms. The third-order valence-electron chi connectivity index (χ3n) is 5.01. The van der Waals surface area contributed by atoms with E-state index in [-0.39, 0.29) is 5.91 Å². The Hall–Kier alpha value is -1.99. The lowest BCUT2D eigenvalue weighted by Crippen LogP contribution is -2.57. The fraction of sp³-hybridized carbons (Fsp3) is 0.600. The molecule has 1 atom stereocenters. The molecule has 1 N–H and O–H groups in total. The fourth-order valence-corrected chi connectivity index (χ4v) is 3.61. The first-order valence-electron chi connectivity index (χ1n) is 9.67. The van der Waals surface area contributed by atoms with E-state index in [1.807, 2.05) is 32.9 Å². The molecule has 0 saturated carbocycles. The SMILES string of the molecule is CN1CCN(c2ccc(NC(=O)[C@@H]3CCN3C(=O)OC(C)(C)C)cc2Cl)CC1.